The molecule has 0 radical (unpaired) electrons. The Bertz CT molecular complexity index is 2370. The minimum atomic E-state index is 0.902. The molecule has 8 aromatic rings. The Balaban J connectivity index is 1.58. The summed E-state index contributed by atoms with van der Waals surface area (Å²) < 4.78 is 6.84. The molecule has 0 aliphatic heterocycles. The molecule has 202 valence electrons. The van der Waals surface area contributed by atoms with Crippen molar-refractivity contribution in [2.45, 2.75) is 0 Å². The van der Waals surface area contributed by atoms with Gasteiger partial charge in [0.25, 0.3) is 0 Å². The molecule has 0 atom stereocenters. The smallest absolute Gasteiger partial charge is 0.143 e. The van der Waals surface area contributed by atoms with Gasteiger partial charge in [0.05, 0.1) is 0 Å². The fourth-order valence-electron chi connectivity index (χ4n) is 7.45. The lowest BCUT2D eigenvalue weighted by Crippen LogP contribution is -2.55. The summed E-state index contributed by atoms with van der Waals surface area (Å²) in [5.41, 5.74) is 13.9. The van der Waals surface area contributed by atoms with Gasteiger partial charge in [-0.15, -0.1) is 16.4 Å². The van der Waals surface area contributed by atoms with Crippen LogP contribution in [0.25, 0.3) is 76.9 Å². The maximum atomic E-state index is 6.84. The van der Waals surface area contributed by atoms with Crippen LogP contribution >= 0.6 is 0 Å². The van der Waals surface area contributed by atoms with Crippen molar-refractivity contribution in [2.24, 2.45) is 0 Å². The van der Waals surface area contributed by atoms with Crippen molar-refractivity contribution in [1.82, 2.24) is 0 Å². The van der Waals surface area contributed by atoms with Crippen LogP contribution in [-0.2, 0) is 0 Å². The maximum absolute atomic E-state index is 6.84. The summed E-state index contributed by atoms with van der Waals surface area (Å²) in [4.78, 5) is 0. The predicted molar refractivity (Wildman–Crippen MR) is 206 cm³/mol. The van der Waals surface area contributed by atoms with Crippen LogP contribution in [0.2, 0.25) is 0 Å². The predicted octanol–water partition coefficient (Wildman–Crippen LogP) is 2.19. The van der Waals surface area contributed by atoms with E-state index in [0.717, 1.165) is 27.9 Å². The van der Waals surface area contributed by atoms with Crippen molar-refractivity contribution >= 4 is 110 Å². The molecule has 44 heavy (non-hydrogen) atoms. The molecule has 0 aliphatic carbocycles. The fourth-order valence-corrected chi connectivity index (χ4v) is 7.45. The minimum absolute atomic E-state index is 0.902. The number of hydrogen-bond acceptors (Lipinski definition) is 1. The molecule has 1 nitrogen and oxygen atoms in total. The van der Waals surface area contributed by atoms with E-state index in [4.69, 9.17) is 4.42 Å². The maximum Gasteiger partial charge on any atom is 0.143 e. The molecule has 1 aromatic heterocycles. The van der Waals surface area contributed by atoms with Crippen LogP contribution < -0.4 is 27.3 Å². The van der Waals surface area contributed by atoms with E-state index in [2.05, 4.69) is 154 Å². The first-order chi connectivity index (χ1) is 21.5. The van der Waals surface area contributed by atoms with Gasteiger partial charge >= 0.3 is 0 Å². The normalized spacial score (nSPS) is 11.6. The summed E-state index contributed by atoms with van der Waals surface area (Å²) in [6.07, 6.45) is 0. The van der Waals surface area contributed by atoms with Gasteiger partial charge in [-0.25, -0.2) is 0 Å². The molecule has 0 bridgehead atoms. The summed E-state index contributed by atoms with van der Waals surface area (Å²) >= 11 is 0. The number of hydrogen-bond donors (Lipinski definition) is 0. The Labute approximate surface area is 262 Å². The van der Waals surface area contributed by atoms with Crippen LogP contribution in [0, 0.1) is 0 Å². The molecule has 6 heteroatoms. The monoisotopic (exact) mass is 556 g/mol. The Morgan fingerprint density at radius 1 is 0.341 bits per heavy atom. The molecular formula is C38H29B5O. The molecular weight excluding hydrogens is 526 g/mol. The highest BCUT2D eigenvalue weighted by atomic mass is 16.3. The van der Waals surface area contributed by atoms with Gasteiger partial charge < -0.3 is 4.42 Å². The average molecular weight is 556 g/mol. The van der Waals surface area contributed by atoms with Gasteiger partial charge in [0.2, 0.25) is 0 Å². The number of benzene rings is 7. The lowest BCUT2D eigenvalue weighted by atomic mass is 9.59. The first-order valence-corrected chi connectivity index (χ1v) is 15.5. The molecule has 8 rings (SSSR count). The highest BCUT2D eigenvalue weighted by molar-refractivity contribution is 6.69. The van der Waals surface area contributed by atoms with Crippen molar-refractivity contribution < 1.29 is 4.42 Å². The van der Waals surface area contributed by atoms with Crippen LogP contribution in [0.15, 0.2) is 120 Å². The summed E-state index contributed by atoms with van der Waals surface area (Å²) in [6, 6.07) is 41.5. The third kappa shape index (κ3) is 3.80. The second-order valence-corrected chi connectivity index (χ2v) is 12.2. The van der Waals surface area contributed by atoms with Gasteiger partial charge in [-0.05, 0) is 49.5 Å². The second kappa shape index (κ2) is 10.1. The van der Waals surface area contributed by atoms with Gasteiger partial charge in [0.15, 0.2) is 0 Å². The zero-order chi connectivity index (χ0) is 30.1. The molecule has 0 aliphatic rings. The van der Waals surface area contributed by atoms with Gasteiger partial charge in [-0.1, -0.05) is 120 Å². The van der Waals surface area contributed by atoms with Crippen LogP contribution in [0.1, 0.15) is 0 Å². The van der Waals surface area contributed by atoms with Crippen LogP contribution in [-0.4, -0.2) is 39.2 Å². The van der Waals surface area contributed by atoms with Gasteiger partial charge in [-0.2, -0.15) is 0 Å². The van der Waals surface area contributed by atoms with E-state index in [1.807, 2.05) is 0 Å². The first-order valence-electron chi connectivity index (χ1n) is 15.5. The summed E-state index contributed by atoms with van der Waals surface area (Å²) in [7, 11) is 11.4. The molecule has 0 N–H and O–H groups in total. The quantitative estimate of drug-likeness (QED) is 0.241. The average Bonchev–Trinajstić information content (AvgIpc) is 3.45. The SMILES string of the molecule is Bc1c(B)c(B)c(-c2c3ccccc3c(-c3c(-c4cccc5ccccc45)oc4ccccc34)c3ccccc23)c(B)c1B. The highest BCUT2D eigenvalue weighted by Gasteiger charge is 2.26. The van der Waals surface area contributed by atoms with Gasteiger partial charge in [0, 0.05) is 22.1 Å². The van der Waals surface area contributed by atoms with Crippen molar-refractivity contribution in [1.29, 1.82) is 0 Å². The van der Waals surface area contributed by atoms with Crippen molar-refractivity contribution in [3.63, 3.8) is 0 Å². The molecule has 1 heterocycles. The molecule has 0 amide bonds. The number of fused-ring (bicyclic) bond motifs is 4. The summed E-state index contributed by atoms with van der Waals surface area (Å²) in [5, 5.41) is 8.55. The van der Waals surface area contributed by atoms with Crippen LogP contribution in [0.4, 0.5) is 0 Å². The summed E-state index contributed by atoms with van der Waals surface area (Å²) in [5.74, 6) is 0.917. The molecule has 0 unspecified atom stereocenters. The summed E-state index contributed by atoms with van der Waals surface area (Å²) in [6.45, 7) is 0. The Morgan fingerprint density at radius 2 is 0.773 bits per heavy atom. The third-order valence-electron chi connectivity index (χ3n) is 10.1. The van der Waals surface area contributed by atoms with E-state index < -0.39 is 0 Å². The van der Waals surface area contributed by atoms with E-state index in [1.165, 1.54) is 76.3 Å². The van der Waals surface area contributed by atoms with Crippen molar-refractivity contribution in [3.05, 3.63) is 115 Å². The van der Waals surface area contributed by atoms with E-state index in [-0.39, 0.29) is 0 Å². The Morgan fingerprint density at radius 3 is 1.36 bits per heavy atom. The zero-order valence-electron chi connectivity index (χ0n) is 25.9. The molecule has 0 saturated carbocycles. The van der Waals surface area contributed by atoms with Crippen LogP contribution in [0.3, 0.4) is 0 Å². The van der Waals surface area contributed by atoms with E-state index in [0.29, 0.717) is 0 Å². The molecule has 0 spiro atoms. The van der Waals surface area contributed by atoms with Crippen molar-refractivity contribution in [2.75, 3.05) is 0 Å². The number of furan rings is 1. The zero-order valence-corrected chi connectivity index (χ0v) is 25.9. The minimum Gasteiger partial charge on any atom is -0.455 e. The van der Waals surface area contributed by atoms with Crippen molar-refractivity contribution in [3.8, 4) is 33.6 Å². The first kappa shape index (κ1) is 26.8. The molecule has 0 saturated heterocycles. The van der Waals surface area contributed by atoms with E-state index in [1.54, 1.807) is 0 Å². The lowest BCUT2D eigenvalue weighted by Gasteiger charge is -2.24. The largest absolute Gasteiger partial charge is 0.455 e. The van der Waals surface area contributed by atoms with E-state index in [9.17, 15) is 0 Å². The van der Waals surface area contributed by atoms with Gasteiger partial charge in [0.1, 0.15) is 50.6 Å². The fraction of sp³-hybridized carbons (Fsp3) is 0. The standard InChI is InChI=1S/C38H29B5O/c39-33-32(34(40)36(42)37(43)35(33)41)30-24-15-5-3-13-22(24)29(23-14-4-6-16-25(23)30)31-27-17-7-8-19-28(27)44-38(31)26-18-9-11-20-10-1-2-12-21(20)26/h1-19H,39-43H2. The molecule has 0 fully saturated rings. The Hall–Kier alpha value is -4.82. The number of rotatable bonds is 3. The van der Waals surface area contributed by atoms with Crippen LogP contribution in [0.5, 0.6) is 0 Å². The second-order valence-electron chi connectivity index (χ2n) is 12.2. The third-order valence-corrected chi connectivity index (χ3v) is 10.1. The lowest BCUT2D eigenvalue weighted by molar-refractivity contribution is 0.633. The van der Waals surface area contributed by atoms with E-state index >= 15 is 0 Å². The Kier molecular flexibility index (Phi) is 6.17. The number of para-hydroxylation sites is 1. The highest BCUT2D eigenvalue weighted by Crippen LogP contribution is 2.49. The van der Waals surface area contributed by atoms with Gasteiger partial charge in [-0.3, -0.25) is 0 Å². The molecule has 7 aromatic carbocycles. The topological polar surface area (TPSA) is 13.1 Å².